The lowest BCUT2D eigenvalue weighted by Gasteiger charge is -2.33. The van der Waals surface area contributed by atoms with E-state index in [0.29, 0.717) is 50.1 Å². The van der Waals surface area contributed by atoms with Gasteiger partial charge in [0.25, 0.3) is 0 Å². The average Bonchev–Trinajstić information content (AvgIpc) is 2.81. The van der Waals surface area contributed by atoms with Gasteiger partial charge in [-0.2, -0.15) is 4.31 Å². The normalized spacial score (nSPS) is 14.8. The van der Waals surface area contributed by atoms with Crippen LogP contribution >= 0.6 is 0 Å². The van der Waals surface area contributed by atoms with E-state index in [9.17, 15) is 18.0 Å². The number of aryl methyl sites for hydroxylation is 3. The van der Waals surface area contributed by atoms with Crippen LogP contribution in [0, 0.1) is 26.7 Å². The average molecular weight is 501 g/mol. The molecule has 2 aromatic rings. The number of sulfonamides is 1. The molecule has 0 aliphatic carbocycles. The minimum absolute atomic E-state index is 0.199. The quantitative estimate of drug-likeness (QED) is 0.491. The predicted octanol–water partition coefficient (Wildman–Crippen LogP) is 3.65. The van der Waals surface area contributed by atoms with Crippen LogP contribution in [0.5, 0.6) is 0 Å². The summed E-state index contributed by atoms with van der Waals surface area (Å²) in [6.45, 7) is 8.44. The molecular formula is C27H36N2O5S. The molecule has 0 aromatic heterocycles. The third kappa shape index (κ3) is 6.70. The van der Waals surface area contributed by atoms with Gasteiger partial charge in [-0.3, -0.25) is 9.59 Å². The van der Waals surface area contributed by atoms with E-state index in [1.807, 2.05) is 49.4 Å². The molecule has 8 heteroatoms. The van der Waals surface area contributed by atoms with Crippen LogP contribution in [-0.2, 0) is 30.8 Å². The van der Waals surface area contributed by atoms with Gasteiger partial charge in [0.1, 0.15) is 0 Å². The Labute approximate surface area is 209 Å². The van der Waals surface area contributed by atoms with Crippen LogP contribution in [0.1, 0.15) is 42.0 Å². The number of benzene rings is 2. The molecule has 2 aromatic carbocycles. The molecule has 0 unspecified atom stereocenters. The maximum absolute atomic E-state index is 13.8. The van der Waals surface area contributed by atoms with Crippen LogP contribution in [0.2, 0.25) is 0 Å². The van der Waals surface area contributed by atoms with E-state index in [-0.39, 0.29) is 35.8 Å². The lowest BCUT2D eigenvalue weighted by molar-refractivity contribution is -0.151. The molecule has 0 atom stereocenters. The van der Waals surface area contributed by atoms with E-state index in [4.69, 9.17) is 4.74 Å². The first-order chi connectivity index (χ1) is 16.6. The van der Waals surface area contributed by atoms with Crippen molar-refractivity contribution in [3.8, 4) is 0 Å². The highest BCUT2D eigenvalue weighted by molar-refractivity contribution is 7.89. The first kappa shape index (κ1) is 26.9. The third-order valence-electron chi connectivity index (χ3n) is 6.47. The van der Waals surface area contributed by atoms with Crippen molar-refractivity contribution in [1.29, 1.82) is 0 Å². The van der Waals surface area contributed by atoms with E-state index in [1.54, 1.807) is 25.7 Å². The summed E-state index contributed by atoms with van der Waals surface area (Å²) in [5.41, 5.74) is 3.35. The molecule has 3 rings (SSSR count). The lowest BCUT2D eigenvalue weighted by atomic mass is 9.97. The topological polar surface area (TPSA) is 84.0 Å². The summed E-state index contributed by atoms with van der Waals surface area (Å²) in [7, 11) is -3.90. The number of rotatable bonds is 9. The highest BCUT2D eigenvalue weighted by Gasteiger charge is 2.33. The number of hydrogen-bond donors (Lipinski definition) is 0. The van der Waals surface area contributed by atoms with Crippen molar-refractivity contribution in [2.75, 3.05) is 32.8 Å². The molecule has 7 nitrogen and oxygen atoms in total. The molecule has 1 fully saturated rings. The number of ether oxygens (including phenoxy) is 1. The van der Waals surface area contributed by atoms with Gasteiger partial charge in [0.15, 0.2) is 0 Å². The van der Waals surface area contributed by atoms with E-state index in [2.05, 4.69) is 0 Å². The van der Waals surface area contributed by atoms with Gasteiger partial charge < -0.3 is 9.64 Å². The number of carbonyl (C=O) groups excluding carboxylic acids is 2. The molecular weight excluding hydrogens is 464 g/mol. The number of carbonyl (C=O) groups is 2. The van der Waals surface area contributed by atoms with Crippen molar-refractivity contribution in [2.45, 2.75) is 51.9 Å². The van der Waals surface area contributed by atoms with Crippen molar-refractivity contribution in [3.05, 3.63) is 64.7 Å². The second-order valence-electron chi connectivity index (χ2n) is 9.21. The van der Waals surface area contributed by atoms with Crippen LogP contribution < -0.4 is 0 Å². The monoisotopic (exact) mass is 500 g/mol. The van der Waals surface area contributed by atoms with Crippen molar-refractivity contribution in [3.63, 3.8) is 0 Å². The van der Waals surface area contributed by atoms with Crippen LogP contribution in [-0.4, -0.2) is 62.3 Å². The zero-order chi connectivity index (χ0) is 25.6. The Morgan fingerprint density at radius 3 is 2.20 bits per heavy atom. The fourth-order valence-corrected chi connectivity index (χ4v) is 6.56. The largest absolute Gasteiger partial charge is 0.466 e. The van der Waals surface area contributed by atoms with Gasteiger partial charge >= 0.3 is 5.97 Å². The summed E-state index contributed by atoms with van der Waals surface area (Å²) in [5, 5.41) is 0. The van der Waals surface area contributed by atoms with E-state index < -0.39 is 10.0 Å². The van der Waals surface area contributed by atoms with Gasteiger partial charge in [0, 0.05) is 19.6 Å². The standard InChI is InChI=1S/C27H36N2O5S/c1-5-34-27(31)24-12-14-28(15-13-24)25(30)19-29(16-11-23-9-7-6-8-10-23)35(32,33)26-21(3)17-20(2)18-22(26)4/h6-10,17-18,24H,5,11-16,19H2,1-4H3. The van der Waals surface area contributed by atoms with Gasteiger partial charge in [-0.05, 0) is 63.6 Å². The first-order valence-corrected chi connectivity index (χ1v) is 13.6. The van der Waals surface area contributed by atoms with E-state index >= 15 is 0 Å². The summed E-state index contributed by atoms with van der Waals surface area (Å²) in [4.78, 5) is 27.2. The van der Waals surface area contributed by atoms with Gasteiger partial charge in [-0.1, -0.05) is 48.0 Å². The van der Waals surface area contributed by atoms with Gasteiger partial charge in [0.05, 0.1) is 24.0 Å². The van der Waals surface area contributed by atoms with Crippen LogP contribution in [0.4, 0.5) is 0 Å². The van der Waals surface area contributed by atoms with Crippen molar-refractivity contribution in [1.82, 2.24) is 9.21 Å². The number of amides is 1. The molecule has 1 amide bonds. The number of hydrogen-bond acceptors (Lipinski definition) is 5. The zero-order valence-electron chi connectivity index (χ0n) is 21.1. The SMILES string of the molecule is CCOC(=O)C1CCN(C(=O)CN(CCc2ccccc2)S(=O)(=O)c2c(C)cc(C)cc2C)CC1. The Hall–Kier alpha value is -2.71. The molecule has 1 aliphatic rings. The molecule has 1 aliphatic heterocycles. The molecule has 0 spiro atoms. The van der Waals surface area contributed by atoms with Gasteiger partial charge in [-0.25, -0.2) is 8.42 Å². The van der Waals surface area contributed by atoms with Gasteiger partial charge in [-0.15, -0.1) is 0 Å². The second kappa shape index (κ2) is 11.8. The Morgan fingerprint density at radius 1 is 1.03 bits per heavy atom. The van der Waals surface area contributed by atoms with E-state index in [0.717, 1.165) is 11.1 Å². The van der Waals surface area contributed by atoms with Crippen LogP contribution in [0.25, 0.3) is 0 Å². The fourth-order valence-electron chi connectivity index (χ4n) is 4.76. The summed E-state index contributed by atoms with van der Waals surface area (Å²) in [6.07, 6.45) is 1.55. The van der Waals surface area contributed by atoms with Crippen molar-refractivity contribution < 1.29 is 22.7 Å². The summed E-state index contributed by atoms with van der Waals surface area (Å²) in [6, 6.07) is 13.4. The molecule has 0 N–H and O–H groups in total. The molecule has 190 valence electrons. The Kier molecular flexibility index (Phi) is 9.08. The summed E-state index contributed by atoms with van der Waals surface area (Å²) < 4.78 is 34.1. The summed E-state index contributed by atoms with van der Waals surface area (Å²) >= 11 is 0. The molecule has 1 saturated heterocycles. The highest BCUT2D eigenvalue weighted by atomic mass is 32.2. The fraction of sp³-hybridized carbons (Fsp3) is 0.481. The zero-order valence-corrected chi connectivity index (χ0v) is 21.9. The smallest absolute Gasteiger partial charge is 0.309 e. The second-order valence-corrected chi connectivity index (χ2v) is 11.1. The van der Waals surface area contributed by atoms with Crippen molar-refractivity contribution >= 4 is 21.9 Å². The summed E-state index contributed by atoms with van der Waals surface area (Å²) in [5.74, 6) is -0.682. The van der Waals surface area contributed by atoms with Crippen LogP contribution in [0.3, 0.4) is 0 Å². The number of esters is 1. The third-order valence-corrected chi connectivity index (χ3v) is 8.63. The molecule has 0 saturated carbocycles. The Balaban J connectivity index is 1.80. The van der Waals surface area contributed by atoms with Crippen molar-refractivity contribution in [2.24, 2.45) is 5.92 Å². The first-order valence-electron chi connectivity index (χ1n) is 12.2. The Morgan fingerprint density at radius 2 is 1.63 bits per heavy atom. The lowest BCUT2D eigenvalue weighted by Crippen LogP contribution is -2.47. The maximum atomic E-state index is 13.8. The predicted molar refractivity (Wildman–Crippen MR) is 135 cm³/mol. The molecule has 0 bridgehead atoms. The van der Waals surface area contributed by atoms with Crippen LogP contribution in [0.15, 0.2) is 47.4 Å². The number of piperidine rings is 1. The minimum Gasteiger partial charge on any atom is -0.466 e. The molecule has 35 heavy (non-hydrogen) atoms. The highest BCUT2D eigenvalue weighted by Crippen LogP contribution is 2.26. The van der Waals surface area contributed by atoms with Gasteiger partial charge in [0.2, 0.25) is 15.9 Å². The number of likely N-dealkylation sites (tertiary alicyclic amines) is 1. The van der Waals surface area contributed by atoms with E-state index in [1.165, 1.54) is 4.31 Å². The Bertz CT molecular complexity index is 1120. The molecule has 0 radical (unpaired) electrons. The molecule has 1 heterocycles. The minimum atomic E-state index is -3.90. The number of nitrogens with zero attached hydrogens (tertiary/aromatic N) is 2. The maximum Gasteiger partial charge on any atom is 0.309 e.